The molecule has 7 nitrogen and oxygen atoms in total. The SMILES string of the molecule is Cc1cccc(C2=C(C(=O)OCOC(=O)C(C)(C)C)N3C(=O)C(C(C)O)C3C2)c1. The molecule has 1 aromatic rings. The van der Waals surface area contributed by atoms with Crippen molar-refractivity contribution in [2.24, 2.45) is 11.3 Å². The standard InChI is InChI=1S/C22H27NO6/c1-12-7-6-8-14(9-12)15-10-16-17(13(2)24)19(25)23(16)18(15)20(26)28-11-29-21(27)22(3,4)5/h6-9,13,16-17,24H,10-11H2,1-5H3. The van der Waals surface area contributed by atoms with Crippen LogP contribution in [-0.4, -0.2) is 46.8 Å². The van der Waals surface area contributed by atoms with E-state index in [9.17, 15) is 19.5 Å². The van der Waals surface area contributed by atoms with Crippen molar-refractivity contribution < 1.29 is 29.0 Å². The highest BCUT2D eigenvalue weighted by Gasteiger charge is 2.57. The number of amides is 1. The van der Waals surface area contributed by atoms with Gasteiger partial charge in [0.1, 0.15) is 5.70 Å². The van der Waals surface area contributed by atoms with Gasteiger partial charge in [0, 0.05) is 0 Å². The third kappa shape index (κ3) is 3.92. The maximum absolute atomic E-state index is 12.8. The molecule has 3 unspecified atom stereocenters. The maximum Gasteiger partial charge on any atom is 0.358 e. The highest BCUT2D eigenvalue weighted by atomic mass is 16.7. The van der Waals surface area contributed by atoms with Crippen LogP contribution in [0, 0.1) is 18.3 Å². The van der Waals surface area contributed by atoms with Crippen molar-refractivity contribution in [3.8, 4) is 0 Å². The molecule has 29 heavy (non-hydrogen) atoms. The van der Waals surface area contributed by atoms with E-state index in [0.29, 0.717) is 12.0 Å². The Morgan fingerprint density at radius 3 is 2.55 bits per heavy atom. The summed E-state index contributed by atoms with van der Waals surface area (Å²) >= 11 is 0. The molecule has 0 radical (unpaired) electrons. The van der Waals surface area contributed by atoms with Gasteiger partial charge in [-0.3, -0.25) is 9.59 Å². The number of β-lactam (4-membered cyclic amide) rings is 1. The summed E-state index contributed by atoms with van der Waals surface area (Å²) in [5.41, 5.74) is 2.00. The molecule has 1 amide bonds. The summed E-state index contributed by atoms with van der Waals surface area (Å²) < 4.78 is 10.2. The molecule has 2 aliphatic heterocycles. The predicted octanol–water partition coefficient (Wildman–Crippen LogP) is 2.41. The fourth-order valence-corrected chi connectivity index (χ4v) is 3.77. The van der Waals surface area contributed by atoms with E-state index in [1.54, 1.807) is 27.7 Å². The zero-order valence-corrected chi connectivity index (χ0v) is 17.4. The van der Waals surface area contributed by atoms with E-state index >= 15 is 0 Å². The first-order chi connectivity index (χ1) is 13.5. The summed E-state index contributed by atoms with van der Waals surface area (Å²) in [5.74, 6) is -2.05. The van der Waals surface area contributed by atoms with Crippen molar-refractivity contribution in [1.82, 2.24) is 4.90 Å². The molecule has 2 aliphatic rings. The molecule has 1 fully saturated rings. The van der Waals surface area contributed by atoms with Crippen LogP contribution >= 0.6 is 0 Å². The Hall–Kier alpha value is -2.67. The number of rotatable bonds is 5. The van der Waals surface area contributed by atoms with Gasteiger partial charge in [-0.15, -0.1) is 0 Å². The van der Waals surface area contributed by atoms with Crippen molar-refractivity contribution in [1.29, 1.82) is 0 Å². The normalized spacial score (nSPS) is 22.1. The molecule has 1 saturated heterocycles. The van der Waals surface area contributed by atoms with Crippen molar-refractivity contribution in [3.63, 3.8) is 0 Å². The summed E-state index contributed by atoms with van der Waals surface area (Å²) in [5, 5.41) is 9.95. The van der Waals surface area contributed by atoms with E-state index in [0.717, 1.165) is 11.1 Å². The first-order valence-electron chi connectivity index (χ1n) is 9.68. The summed E-state index contributed by atoms with van der Waals surface area (Å²) in [6.45, 7) is 8.10. The average Bonchev–Trinajstić information content (AvgIpc) is 2.95. The first kappa shape index (κ1) is 21.0. The van der Waals surface area contributed by atoms with Crippen LogP contribution in [0.3, 0.4) is 0 Å². The molecule has 0 bridgehead atoms. The zero-order chi connectivity index (χ0) is 21.5. The Bertz CT molecular complexity index is 880. The van der Waals surface area contributed by atoms with E-state index in [1.807, 2.05) is 31.2 Å². The van der Waals surface area contributed by atoms with Crippen molar-refractivity contribution >= 4 is 23.4 Å². The number of hydrogen-bond donors (Lipinski definition) is 1. The van der Waals surface area contributed by atoms with Crippen LogP contribution in [0.1, 0.15) is 45.2 Å². The average molecular weight is 401 g/mol. The van der Waals surface area contributed by atoms with Crippen LogP contribution in [-0.2, 0) is 23.9 Å². The Morgan fingerprint density at radius 1 is 1.28 bits per heavy atom. The van der Waals surface area contributed by atoms with Gasteiger partial charge in [0.15, 0.2) is 0 Å². The number of fused-ring (bicyclic) bond motifs is 1. The fourth-order valence-electron chi connectivity index (χ4n) is 3.77. The number of carbonyl (C=O) groups excluding carboxylic acids is 3. The lowest BCUT2D eigenvalue weighted by Crippen LogP contribution is -2.61. The molecular formula is C22H27NO6. The lowest BCUT2D eigenvalue weighted by molar-refractivity contribution is -0.175. The molecule has 7 heteroatoms. The number of hydrogen-bond acceptors (Lipinski definition) is 6. The molecule has 0 saturated carbocycles. The summed E-state index contributed by atoms with van der Waals surface area (Å²) in [6, 6.07) is 7.37. The zero-order valence-electron chi connectivity index (χ0n) is 17.4. The lowest BCUT2D eigenvalue weighted by Gasteiger charge is -2.44. The van der Waals surface area contributed by atoms with Gasteiger partial charge < -0.3 is 19.5 Å². The van der Waals surface area contributed by atoms with E-state index in [-0.39, 0.29) is 17.6 Å². The van der Waals surface area contributed by atoms with Crippen molar-refractivity contribution in [2.75, 3.05) is 6.79 Å². The predicted molar refractivity (Wildman–Crippen MR) is 105 cm³/mol. The highest BCUT2D eigenvalue weighted by Crippen LogP contribution is 2.47. The van der Waals surface area contributed by atoms with Gasteiger partial charge in [-0.05, 0) is 52.2 Å². The van der Waals surface area contributed by atoms with Gasteiger partial charge in [0.2, 0.25) is 12.7 Å². The van der Waals surface area contributed by atoms with Crippen LogP contribution in [0.25, 0.3) is 5.57 Å². The summed E-state index contributed by atoms with van der Waals surface area (Å²) in [4.78, 5) is 38.7. The Balaban J connectivity index is 1.85. The van der Waals surface area contributed by atoms with E-state index in [1.165, 1.54) is 4.90 Å². The minimum Gasteiger partial charge on any atom is -0.427 e. The third-order valence-electron chi connectivity index (χ3n) is 5.28. The molecule has 3 atom stereocenters. The summed E-state index contributed by atoms with van der Waals surface area (Å²) in [6.07, 6.45) is -0.345. The molecule has 2 heterocycles. The second-order valence-corrected chi connectivity index (χ2v) is 8.67. The second-order valence-electron chi connectivity index (χ2n) is 8.67. The number of ether oxygens (including phenoxy) is 2. The largest absolute Gasteiger partial charge is 0.427 e. The second kappa shape index (κ2) is 7.63. The fraction of sp³-hybridized carbons (Fsp3) is 0.500. The number of esters is 2. The summed E-state index contributed by atoms with van der Waals surface area (Å²) in [7, 11) is 0. The van der Waals surface area contributed by atoms with Crippen molar-refractivity contribution in [3.05, 3.63) is 41.1 Å². The molecule has 0 aromatic heterocycles. The van der Waals surface area contributed by atoms with Crippen LogP contribution in [0.4, 0.5) is 0 Å². The highest BCUT2D eigenvalue weighted by molar-refractivity contribution is 6.06. The monoisotopic (exact) mass is 401 g/mol. The topological polar surface area (TPSA) is 93.1 Å². The first-order valence-corrected chi connectivity index (χ1v) is 9.68. The van der Waals surface area contributed by atoms with E-state index in [4.69, 9.17) is 9.47 Å². The smallest absolute Gasteiger partial charge is 0.358 e. The molecule has 1 N–H and O–H groups in total. The number of aliphatic hydroxyl groups is 1. The number of aryl methyl sites for hydroxylation is 1. The van der Waals surface area contributed by atoms with Gasteiger partial charge in [0.25, 0.3) is 0 Å². The van der Waals surface area contributed by atoms with Gasteiger partial charge in [-0.25, -0.2) is 4.79 Å². The lowest BCUT2D eigenvalue weighted by atomic mass is 9.82. The van der Waals surface area contributed by atoms with Crippen LogP contribution in [0.5, 0.6) is 0 Å². The number of carbonyl (C=O) groups is 3. The Labute approximate surface area is 170 Å². The van der Waals surface area contributed by atoms with Crippen LogP contribution in [0.15, 0.2) is 30.0 Å². The quantitative estimate of drug-likeness (QED) is 0.463. The number of nitrogens with zero attached hydrogens (tertiary/aromatic N) is 1. The van der Waals surface area contributed by atoms with Gasteiger partial charge in [-0.2, -0.15) is 0 Å². The van der Waals surface area contributed by atoms with E-state index < -0.39 is 36.2 Å². The van der Waals surface area contributed by atoms with Gasteiger partial charge in [0.05, 0.1) is 23.5 Å². The maximum atomic E-state index is 12.8. The van der Waals surface area contributed by atoms with Gasteiger partial charge in [-0.1, -0.05) is 29.8 Å². The minimum atomic E-state index is -0.800. The molecule has 0 spiro atoms. The van der Waals surface area contributed by atoms with Crippen molar-refractivity contribution in [2.45, 2.75) is 53.2 Å². The molecule has 1 aromatic carbocycles. The molecular weight excluding hydrogens is 374 g/mol. The molecule has 3 rings (SSSR count). The van der Waals surface area contributed by atoms with Crippen LogP contribution in [0.2, 0.25) is 0 Å². The van der Waals surface area contributed by atoms with Gasteiger partial charge >= 0.3 is 11.9 Å². The van der Waals surface area contributed by atoms with E-state index in [2.05, 4.69) is 0 Å². The minimum absolute atomic E-state index is 0.161. The van der Waals surface area contributed by atoms with Crippen LogP contribution < -0.4 is 0 Å². The molecule has 0 aliphatic carbocycles. The number of aliphatic hydroxyl groups excluding tert-OH is 1. The number of benzene rings is 1. The molecule has 156 valence electrons. The third-order valence-corrected chi connectivity index (χ3v) is 5.28. The Kier molecular flexibility index (Phi) is 5.54. The Morgan fingerprint density at radius 2 is 1.97 bits per heavy atom.